The number of benzene rings is 3. The number of aryl methyl sites for hydroxylation is 1. The smallest absolute Gasteiger partial charge is 0.211 e. The number of hydrogen-bond donors (Lipinski definition) is 0. The Morgan fingerprint density at radius 1 is 1.00 bits per heavy atom. The molecule has 2 nitrogen and oxygen atoms in total. The molecule has 108 valence electrons. The van der Waals surface area contributed by atoms with E-state index in [0.717, 1.165) is 17.2 Å². The second kappa shape index (κ2) is 6.61. The number of rotatable bonds is 4. The second-order valence-corrected chi connectivity index (χ2v) is 6.01. The summed E-state index contributed by atoms with van der Waals surface area (Å²) in [6.45, 7) is 2.11. The zero-order valence-electron chi connectivity index (χ0n) is 12.2. The van der Waals surface area contributed by atoms with E-state index < -0.39 is 0 Å². The molecule has 3 heteroatoms. The molecule has 0 heterocycles. The number of nitrogens with zero attached hydrogens (tertiary/aromatic N) is 1. The highest BCUT2D eigenvalue weighted by Crippen LogP contribution is 2.39. The molecule has 0 saturated carbocycles. The van der Waals surface area contributed by atoms with Gasteiger partial charge < -0.3 is 0 Å². The molecule has 0 bridgehead atoms. The Kier molecular flexibility index (Phi) is 4.38. The average Bonchev–Trinajstić information content (AvgIpc) is 2.57. The predicted octanol–water partition coefficient (Wildman–Crippen LogP) is 5.52. The molecule has 0 spiro atoms. The third-order valence-corrected chi connectivity index (χ3v) is 4.67. The summed E-state index contributed by atoms with van der Waals surface area (Å²) in [6, 6.07) is 20.4. The minimum Gasteiger partial charge on any atom is -0.211 e. The first kappa shape index (κ1) is 14.6. The third kappa shape index (κ3) is 2.82. The molecule has 0 N–H and O–H groups in total. The van der Waals surface area contributed by atoms with E-state index in [1.54, 1.807) is 17.8 Å². The fraction of sp³-hybridized carbons (Fsp3) is 0.105. The minimum atomic E-state index is 0.694. The van der Waals surface area contributed by atoms with Crippen molar-refractivity contribution in [2.24, 2.45) is 4.99 Å². The highest BCUT2D eigenvalue weighted by molar-refractivity contribution is 7.99. The van der Waals surface area contributed by atoms with Gasteiger partial charge in [0.25, 0.3) is 0 Å². The van der Waals surface area contributed by atoms with Crippen molar-refractivity contribution in [3.63, 3.8) is 0 Å². The van der Waals surface area contributed by atoms with Crippen LogP contribution in [0, 0.1) is 0 Å². The van der Waals surface area contributed by atoms with E-state index in [0.29, 0.717) is 5.69 Å². The summed E-state index contributed by atoms with van der Waals surface area (Å²) in [4.78, 5) is 16.9. The number of hydrogen-bond acceptors (Lipinski definition) is 3. The van der Waals surface area contributed by atoms with Gasteiger partial charge >= 0.3 is 0 Å². The van der Waals surface area contributed by atoms with Gasteiger partial charge in [0.05, 0.1) is 5.69 Å². The summed E-state index contributed by atoms with van der Waals surface area (Å²) in [7, 11) is 0. The Bertz CT molecular complexity index is 852. The standard InChI is InChI=1S/C19H15NOS/c1-2-14-7-6-10-16-18(22-15-8-4-3-5-9-15)12-11-17(19(14)16)20-13-21/h3-12H,2H2,1H3. The highest BCUT2D eigenvalue weighted by atomic mass is 32.2. The van der Waals surface area contributed by atoms with Crippen LogP contribution in [0.3, 0.4) is 0 Å². The van der Waals surface area contributed by atoms with Gasteiger partial charge in [-0.25, -0.2) is 4.79 Å². The van der Waals surface area contributed by atoms with Crippen molar-refractivity contribution in [1.29, 1.82) is 0 Å². The van der Waals surface area contributed by atoms with E-state index in [-0.39, 0.29) is 0 Å². The lowest BCUT2D eigenvalue weighted by Gasteiger charge is -2.11. The maximum absolute atomic E-state index is 10.7. The van der Waals surface area contributed by atoms with Crippen LogP contribution < -0.4 is 0 Å². The molecule has 0 aliphatic heterocycles. The number of aliphatic imine (C=N–C) groups is 1. The van der Waals surface area contributed by atoms with Crippen molar-refractivity contribution in [3.8, 4) is 0 Å². The molecule has 0 unspecified atom stereocenters. The third-order valence-electron chi connectivity index (χ3n) is 3.58. The van der Waals surface area contributed by atoms with E-state index in [1.165, 1.54) is 15.4 Å². The van der Waals surface area contributed by atoms with Crippen LogP contribution in [0.25, 0.3) is 10.8 Å². The maximum Gasteiger partial charge on any atom is 0.240 e. The Balaban J connectivity index is 2.20. The lowest BCUT2D eigenvalue weighted by atomic mass is 10.0. The first-order valence-electron chi connectivity index (χ1n) is 7.19. The zero-order valence-corrected chi connectivity index (χ0v) is 13.1. The van der Waals surface area contributed by atoms with E-state index in [9.17, 15) is 4.79 Å². The predicted molar refractivity (Wildman–Crippen MR) is 91.7 cm³/mol. The topological polar surface area (TPSA) is 29.4 Å². The van der Waals surface area contributed by atoms with Gasteiger partial charge in [-0.15, -0.1) is 0 Å². The van der Waals surface area contributed by atoms with E-state index in [2.05, 4.69) is 42.2 Å². The Morgan fingerprint density at radius 3 is 2.55 bits per heavy atom. The van der Waals surface area contributed by atoms with Crippen molar-refractivity contribution >= 4 is 34.3 Å². The molecule has 0 atom stereocenters. The molecule has 0 radical (unpaired) electrons. The quantitative estimate of drug-likeness (QED) is 0.469. The molecule has 0 aliphatic rings. The summed E-state index contributed by atoms with van der Waals surface area (Å²) >= 11 is 1.72. The molecule has 3 aromatic rings. The van der Waals surface area contributed by atoms with Crippen LogP contribution in [0.1, 0.15) is 12.5 Å². The molecular formula is C19H15NOS. The van der Waals surface area contributed by atoms with Crippen molar-refractivity contribution in [2.75, 3.05) is 0 Å². The molecule has 22 heavy (non-hydrogen) atoms. The fourth-order valence-electron chi connectivity index (χ4n) is 2.58. The van der Waals surface area contributed by atoms with Crippen molar-refractivity contribution < 1.29 is 4.79 Å². The summed E-state index contributed by atoms with van der Waals surface area (Å²) in [6.07, 6.45) is 2.57. The SMILES string of the molecule is CCc1cccc2c(Sc3ccccc3)ccc(N=C=O)c12. The van der Waals surface area contributed by atoms with Gasteiger partial charge in [0.2, 0.25) is 6.08 Å². The molecule has 0 aliphatic carbocycles. The van der Waals surface area contributed by atoms with Gasteiger partial charge in [-0.05, 0) is 41.6 Å². The number of carbonyl (C=O) groups excluding carboxylic acids is 1. The van der Waals surface area contributed by atoms with Gasteiger partial charge in [0.1, 0.15) is 0 Å². The molecule has 0 aromatic heterocycles. The van der Waals surface area contributed by atoms with Crippen LogP contribution in [-0.2, 0) is 11.2 Å². The monoisotopic (exact) mass is 305 g/mol. The first-order valence-corrected chi connectivity index (χ1v) is 8.00. The van der Waals surface area contributed by atoms with Crippen LogP contribution in [0.2, 0.25) is 0 Å². The molecule has 0 saturated heterocycles. The van der Waals surface area contributed by atoms with E-state index >= 15 is 0 Å². The molecule has 3 rings (SSSR count). The fourth-order valence-corrected chi connectivity index (χ4v) is 3.54. The largest absolute Gasteiger partial charge is 0.240 e. The zero-order chi connectivity index (χ0) is 15.4. The average molecular weight is 305 g/mol. The number of isocyanates is 1. The summed E-state index contributed by atoms with van der Waals surface area (Å²) in [5.41, 5.74) is 1.89. The van der Waals surface area contributed by atoms with Crippen LogP contribution >= 0.6 is 11.8 Å². The number of fused-ring (bicyclic) bond motifs is 1. The summed E-state index contributed by atoms with van der Waals surface area (Å²) in [5.74, 6) is 0. The minimum absolute atomic E-state index is 0.694. The van der Waals surface area contributed by atoms with E-state index in [4.69, 9.17) is 0 Å². The molecule has 0 fully saturated rings. The van der Waals surface area contributed by atoms with Gasteiger partial charge in [0.15, 0.2) is 0 Å². The maximum atomic E-state index is 10.7. The van der Waals surface area contributed by atoms with Gasteiger partial charge in [-0.2, -0.15) is 4.99 Å². The highest BCUT2D eigenvalue weighted by Gasteiger charge is 2.10. The van der Waals surface area contributed by atoms with Gasteiger partial charge in [0, 0.05) is 15.2 Å². The summed E-state index contributed by atoms with van der Waals surface area (Å²) in [5, 5.41) is 2.18. The van der Waals surface area contributed by atoms with Crippen molar-refractivity contribution in [3.05, 3.63) is 66.2 Å². The Hall–Kier alpha value is -2.35. The van der Waals surface area contributed by atoms with Crippen LogP contribution in [0.15, 0.2) is 75.4 Å². The molecular weight excluding hydrogens is 290 g/mol. The van der Waals surface area contributed by atoms with Crippen LogP contribution in [0.4, 0.5) is 5.69 Å². The second-order valence-electron chi connectivity index (χ2n) is 4.89. The Morgan fingerprint density at radius 2 is 1.82 bits per heavy atom. The van der Waals surface area contributed by atoms with Crippen LogP contribution in [-0.4, -0.2) is 6.08 Å². The lowest BCUT2D eigenvalue weighted by molar-refractivity contribution is 0.565. The molecule has 0 amide bonds. The Labute approximate surface area is 133 Å². The normalized spacial score (nSPS) is 10.4. The van der Waals surface area contributed by atoms with E-state index in [1.807, 2.05) is 30.3 Å². The van der Waals surface area contributed by atoms with Crippen molar-refractivity contribution in [1.82, 2.24) is 0 Å². The van der Waals surface area contributed by atoms with Gasteiger partial charge in [-0.1, -0.05) is 55.1 Å². The summed E-state index contributed by atoms with van der Waals surface area (Å²) < 4.78 is 0. The first-order chi connectivity index (χ1) is 10.8. The molecule has 3 aromatic carbocycles. The van der Waals surface area contributed by atoms with Crippen LogP contribution in [0.5, 0.6) is 0 Å². The lowest BCUT2D eigenvalue weighted by Crippen LogP contribution is -1.86. The van der Waals surface area contributed by atoms with Gasteiger partial charge in [-0.3, -0.25) is 0 Å². The van der Waals surface area contributed by atoms with Crippen molar-refractivity contribution in [2.45, 2.75) is 23.1 Å².